The number of aliphatic hydroxyl groups is 1. The van der Waals surface area contributed by atoms with Crippen LogP contribution in [0.3, 0.4) is 0 Å². The standard InChI is InChI=1S/C17H17F4N5O3/c18-9-5-10(19)11(22-6-9)7-25-16(29)26-12(1-2-13(27)14(26)23-25)15(28)24-4-3-17(20,21)8-24/h5-6,12-13,27H,1-4,7-8H2/t12-,13-/m0/s1. The minimum Gasteiger partial charge on any atom is -0.385 e. The lowest BCUT2D eigenvalue weighted by molar-refractivity contribution is -0.136. The molecule has 2 atom stereocenters. The summed E-state index contributed by atoms with van der Waals surface area (Å²) in [5, 5.41) is 14.2. The average Bonchev–Trinajstić information content (AvgIpc) is 3.18. The molecule has 0 aliphatic carbocycles. The van der Waals surface area contributed by atoms with Gasteiger partial charge in [0.2, 0.25) is 5.91 Å². The second-order valence-electron chi connectivity index (χ2n) is 7.23. The Kier molecular flexibility index (Phi) is 4.68. The monoisotopic (exact) mass is 415 g/mol. The summed E-state index contributed by atoms with van der Waals surface area (Å²) < 4.78 is 55.6. The van der Waals surface area contributed by atoms with E-state index in [2.05, 4.69) is 10.1 Å². The highest BCUT2D eigenvalue weighted by molar-refractivity contribution is 5.81. The molecule has 29 heavy (non-hydrogen) atoms. The van der Waals surface area contributed by atoms with Gasteiger partial charge >= 0.3 is 5.69 Å². The first-order valence-electron chi connectivity index (χ1n) is 9.00. The highest BCUT2D eigenvalue weighted by Crippen LogP contribution is 2.33. The third-order valence-corrected chi connectivity index (χ3v) is 5.17. The van der Waals surface area contributed by atoms with Gasteiger partial charge in [-0.3, -0.25) is 14.3 Å². The first-order valence-corrected chi connectivity index (χ1v) is 9.00. The number of amides is 1. The highest BCUT2D eigenvalue weighted by atomic mass is 19.3. The van der Waals surface area contributed by atoms with E-state index in [0.29, 0.717) is 6.07 Å². The first-order chi connectivity index (χ1) is 13.7. The van der Waals surface area contributed by atoms with Crippen molar-refractivity contribution in [1.29, 1.82) is 0 Å². The largest absolute Gasteiger partial charge is 0.385 e. The zero-order valence-corrected chi connectivity index (χ0v) is 15.1. The van der Waals surface area contributed by atoms with E-state index in [9.17, 15) is 32.3 Å². The molecule has 2 aromatic heterocycles. The number of carbonyl (C=O) groups is 1. The number of carbonyl (C=O) groups excluding carboxylic acids is 1. The molecule has 2 aromatic rings. The van der Waals surface area contributed by atoms with Gasteiger partial charge in [0.15, 0.2) is 5.82 Å². The number of alkyl halides is 2. The van der Waals surface area contributed by atoms with Gasteiger partial charge in [0, 0.05) is 19.0 Å². The van der Waals surface area contributed by atoms with Gasteiger partial charge in [-0.1, -0.05) is 0 Å². The maximum Gasteiger partial charge on any atom is 0.347 e. The van der Waals surface area contributed by atoms with E-state index in [0.717, 1.165) is 20.3 Å². The first kappa shape index (κ1) is 19.6. The van der Waals surface area contributed by atoms with Gasteiger partial charge in [0.05, 0.1) is 25.0 Å². The molecule has 0 saturated carbocycles. The van der Waals surface area contributed by atoms with Gasteiger partial charge in [-0.05, 0) is 12.8 Å². The number of likely N-dealkylation sites (tertiary alicyclic amines) is 1. The van der Waals surface area contributed by atoms with Crippen LogP contribution in [0.25, 0.3) is 0 Å². The number of pyridine rings is 1. The van der Waals surface area contributed by atoms with Gasteiger partial charge in [-0.25, -0.2) is 27.0 Å². The second kappa shape index (κ2) is 6.94. The average molecular weight is 415 g/mol. The van der Waals surface area contributed by atoms with Crippen LogP contribution in [0.4, 0.5) is 17.6 Å². The van der Waals surface area contributed by atoms with Crippen LogP contribution < -0.4 is 5.69 Å². The van der Waals surface area contributed by atoms with E-state index >= 15 is 0 Å². The number of nitrogens with zero attached hydrogens (tertiary/aromatic N) is 5. The van der Waals surface area contributed by atoms with Crippen molar-refractivity contribution in [2.24, 2.45) is 0 Å². The molecule has 0 radical (unpaired) electrons. The van der Waals surface area contributed by atoms with Crippen LogP contribution in [0, 0.1) is 11.6 Å². The molecule has 0 aromatic carbocycles. The fourth-order valence-corrected chi connectivity index (χ4v) is 3.70. The number of aromatic nitrogens is 4. The molecule has 2 aliphatic rings. The Morgan fingerprint density at radius 1 is 1.31 bits per heavy atom. The highest BCUT2D eigenvalue weighted by Gasteiger charge is 2.44. The summed E-state index contributed by atoms with van der Waals surface area (Å²) in [6.07, 6.45) is -0.623. The molecule has 8 nitrogen and oxygen atoms in total. The van der Waals surface area contributed by atoms with E-state index in [-0.39, 0.29) is 30.9 Å². The van der Waals surface area contributed by atoms with E-state index in [1.807, 2.05) is 0 Å². The molecule has 4 rings (SSSR count). The molecule has 0 unspecified atom stereocenters. The summed E-state index contributed by atoms with van der Waals surface area (Å²) >= 11 is 0. The predicted molar refractivity (Wildman–Crippen MR) is 89.1 cm³/mol. The van der Waals surface area contributed by atoms with Crippen LogP contribution in [0.1, 0.15) is 42.9 Å². The van der Waals surface area contributed by atoms with E-state index in [1.165, 1.54) is 0 Å². The molecular weight excluding hydrogens is 398 g/mol. The number of halogens is 4. The lowest BCUT2D eigenvalue weighted by Gasteiger charge is -2.29. The summed E-state index contributed by atoms with van der Waals surface area (Å²) in [4.78, 5) is 30.2. The topological polar surface area (TPSA) is 93.2 Å². The number of fused-ring (bicyclic) bond motifs is 1. The van der Waals surface area contributed by atoms with Gasteiger partial charge in [0.25, 0.3) is 5.92 Å². The summed E-state index contributed by atoms with van der Waals surface area (Å²) in [5.74, 6) is -5.59. The Bertz CT molecular complexity index is 1020. The lowest BCUT2D eigenvalue weighted by atomic mass is 10.0. The van der Waals surface area contributed by atoms with Crippen molar-refractivity contribution < 1.29 is 27.5 Å². The minimum atomic E-state index is -2.98. The van der Waals surface area contributed by atoms with E-state index in [1.54, 1.807) is 0 Å². The zero-order valence-electron chi connectivity index (χ0n) is 15.1. The molecule has 0 spiro atoms. The van der Waals surface area contributed by atoms with Crippen LogP contribution in [0.2, 0.25) is 0 Å². The summed E-state index contributed by atoms with van der Waals surface area (Å²) in [7, 11) is 0. The number of hydrogen-bond acceptors (Lipinski definition) is 5. The summed E-state index contributed by atoms with van der Waals surface area (Å²) in [6.45, 7) is -1.30. The Morgan fingerprint density at radius 2 is 2.07 bits per heavy atom. The van der Waals surface area contributed by atoms with Crippen molar-refractivity contribution in [2.45, 2.75) is 43.9 Å². The third-order valence-electron chi connectivity index (χ3n) is 5.17. The van der Waals surface area contributed by atoms with Crippen LogP contribution in [-0.2, 0) is 11.3 Å². The number of hydrogen-bond donors (Lipinski definition) is 1. The SMILES string of the molecule is O=C([C@@H]1CC[C@H](O)c2nn(Cc3ncc(F)cc3F)c(=O)n21)N1CCC(F)(F)C1. The van der Waals surface area contributed by atoms with Gasteiger partial charge < -0.3 is 10.0 Å². The minimum absolute atomic E-state index is 0.0732. The molecule has 1 N–H and O–H groups in total. The van der Waals surface area contributed by atoms with E-state index < -0.39 is 60.8 Å². The van der Waals surface area contributed by atoms with Gasteiger partial charge in [-0.15, -0.1) is 0 Å². The smallest absolute Gasteiger partial charge is 0.347 e. The van der Waals surface area contributed by atoms with Crippen molar-refractivity contribution in [1.82, 2.24) is 24.2 Å². The zero-order chi connectivity index (χ0) is 20.9. The van der Waals surface area contributed by atoms with Crippen molar-refractivity contribution in [2.75, 3.05) is 13.1 Å². The van der Waals surface area contributed by atoms with Crippen LogP contribution in [-0.4, -0.2) is 54.3 Å². The van der Waals surface area contributed by atoms with Crippen LogP contribution >= 0.6 is 0 Å². The van der Waals surface area contributed by atoms with Gasteiger partial charge in [0.1, 0.15) is 23.8 Å². The molecule has 4 heterocycles. The molecule has 156 valence electrons. The summed E-state index contributed by atoms with van der Waals surface area (Å²) in [6, 6.07) is -0.479. The van der Waals surface area contributed by atoms with Crippen molar-refractivity contribution in [3.05, 3.63) is 45.9 Å². The molecule has 1 saturated heterocycles. The normalized spacial score (nSPS) is 23.3. The summed E-state index contributed by atoms with van der Waals surface area (Å²) in [5.41, 5.74) is -1.06. The van der Waals surface area contributed by atoms with Gasteiger partial charge in [-0.2, -0.15) is 5.10 Å². The van der Waals surface area contributed by atoms with E-state index in [4.69, 9.17) is 0 Å². The third kappa shape index (κ3) is 3.52. The molecule has 0 bridgehead atoms. The van der Waals surface area contributed by atoms with Crippen molar-refractivity contribution >= 4 is 5.91 Å². The van der Waals surface area contributed by atoms with Crippen LogP contribution in [0.5, 0.6) is 0 Å². The molecular formula is C17H17F4N5O3. The lowest BCUT2D eigenvalue weighted by Crippen LogP contribution is -2.43. The maximum atomic E-state index is 13.9. The molecule has 1 amide bonds. The Morgan fingerprint density at radius 3 is 2.72 bits per heavy atom. The Labute approximate surface area is 161 Å². The molecule has 12 heteroatoms. The van der Waals surface area contributed by atoms with Crippen molar-refractivity contribution in [3.8, 4) is 0 Å². The maximum absolute atomic E-state index is 13.9. The van der Waals surface area contributed by atoms with Crippen molar-refractivity contribution in [3.63, 3.8) is 0 Å². The second-order valence-corrected chi connectivity index (χ2v) is 7.23. The fraction of sp³-hybridized carbons (Fsp3) is 0.529. The molecule has 1 fully saturated rings. The number of aliphatic hydroxyl groups excluding tert-OH is 1. The predicted octanol–water partition coefficient (Wildman–Crippen LogP) is 1.00. The van der Waals surface area contributed by atoms with Crippen LogP contribution in [0.15, 0.2) is 17.1 Å². The Hall–Kier alpha value is -2.76. The number of rotatable bonds is 3. The molecule has 2 aliphatic heterocycles. The fourth-order valence-electron chi connectivity index (χ4n) is 3.70. The Balaban J connectivity index is 1.67. The quantitative estimate of drug-likeness (QED) is 0.756.